The van der Waals surface area contributed by atoms with Crippen LogP contribution in [0.15, 0.2) is 59.9 Å². The third-order valence-corrected chi connectivity index (χ3v) is 5.39. The van der Waals surface area contributed by atoms with Crippen LogP contribution in [0.5, 0.6) is 0 Å². The monoisotopic (exact) mass is 432 g/mol. The standard InChI is InChI=1S/C25H22F2N4O/c1-14-9-10-17(15(2)30(4)5)13-19(14)23-18-11-12-22(32)31(25(18)29-16(3)28-23)24-20(26)7-6-8-21(24)27/h6-13H,2H2,1,3-5H3. The van der Waals surface area contributed by atoms with Crippen molar-refractivity contribution in [2.75, 3.05) is 14.1 Å². The van der Waals surface area contributed by atoms with Crippen molar-refractivity contribution in [3.8, 4) is 16.9 Å². The first-order valence-corrected chi connectivity index (χ1v) is 10.0. The van der Waals surface area contributed by atoms with Crippen LogP contribution < -0.4 is 5.56 Å². The fourth-order valence-corrected chi connectivity index (χ4v) is 3.66. The fraction of sp³-hybridized carbons (Fsp3) is 0.160. The van der Waals surface area contributed by atoms with E-state index in [1.165, 1.54) is 12.1 Å². The smallest absolute Gasteiger partial charge is 0.256 e. The lowest BCUT2D eigenvalue weighted by atomic mass is 9.98. The van der Waals surface area contributed by atoms with Gasteiger partial charge in [-0.25, -0.2) is 18.7 Å². The van der Waals surface area contributed by atoms with E-state index in [1.54, 1.807) is 13.0 Å². The molecule has 0 aliphatic heterocycles. The molecule has 2 heterocycles. The van der Waals surface area contributed by atoms with Crippen LogP contribution in [-0.4, -0.2) is 33.5 Å². The highest BCUT2D eigenvalue weighted by molar-refractivity contribution is 5.92. The summed E-state index contributed by atoms with van der Waals surface area (Å²) in [6, 6.07) is 12.2. The van der Waals surface area contributed by atoms with Gasteiger partial charge in [0.15, 0.2) is 5.65 Å². The minimum atomic E-state index is -0.849. The summed E-state index contributed by atoms with van der Waals surface area (Å²) in [6.07, 6.45) is 0. The van der Waals surface area contributed by atoms with Gasteiger partial charge in [0.05, 0.1) is 5.69 Å². The molecule has 2 aromatic carbocycles. The third kappa shape index (κ3) is 3.56. The van der Waals surface area contributed by atoms with Crippen LogP contribution in [0.25, 0.3) is 33.7 Å². The Hall–Kier alpha value is -3.87. The van der Waals surface area contributed by atoms with E-state index in [0.717, 1.165) is 39.1 Å². The van der Waals surface area contributed by atoms with E-state index in [1.807, 2.05) is 44.1 Å². The number of rotatable bonds is 4. The summed E-state index contributed by atoms with van der Waals surface area (Å²) in [5.41, 5.74) is 3.18. The first kappa shape index (κ1) is 21.4. The van der Waals surface area contributed by atoms with Gasteiger partial charge >= 0.3 is 0 Å². The Bertz CT molecular complexity index is 1420. The summed E-state index contributed by atoms with van der Waals surface area (Å²) < 4.78 is 30.2. The molecule has 4 rings (SSSR count). The number of pyridine rings is 1. The van der Waals surface area contributed by atoms with Gasteiger partial charge in [-0.15, -0.1) is 0 Å². The molecule has 0 aliphatic carbocycles. The predicted molar refractivity (Wildman–Crippen MR) is 123 cm³/mol. The highest BCUT2D eigenvalue weighted by atomic mass is 19.1. The van der Waals surface area contributed by atoms with Crippen molar-refractivity contribution in [3.05, 3.63) is 94.0 Å². The summed E-state index contributed by atoms with van der Waals surface area (Å²) in [5, 5.41) is 0.508. The largest absolute Gasteiger partial charge is 0.378 e. The first-order valence-electron chi connectivity index (χ1n) is 10.0. The molecule has 5 nitrogen and oxygen atoms in total. The van der Waals surface area contributed by atoms with Crippen LogP contribution in [0.1, 0.15) is 17.0 Å². The zero-order chi connectivity index (χ0) is 23.2. The molecule has 4 aromatic rings. The van der Waals surface area contributed by atoms with E-state index in [9.17, 15) is 13.6 Å². The van der Waals surface area contributed by atoms with Gasteiger partial charge in [0.25, 0.3) is 5.56 Å². The summed E-state index contributed by atoms with van der Waals surface area (Å²) >= 11 is 0. The molecule has 0 amide bonds. The van der Waals surface area contributed by atoms with Crippen LogP contribution in [-0.2, 0) is 0 Å². The van der Waals surface area contributed by atoms with E-state index >= 15 is 0 Å². The molecule has 162 valence electrons. The van der Waals surface area contributed by atoms with Crippen LogP contribution in [0.3, 0.4) is 0 Å². The fourth-order valence-electron chi connectivity index (χ4n) is 3.66. The molecule has 0 atom stereocenters. The Kier molecular flexibility index (Phi) is 5.34. The number of fused-ring (bicyclic) bond motifs is 1. The van der Waals surface area contributed by atoms with Crippen molar-refractivity contribution in [2.24, 2.45) is 0 Å². The van der Waals surface area contributed by atoms with Gasteiger partial charge in [-0.05, 0) is 49.2 Å². The van der Waals surface area contributed by atoms with E-state index in [-0.39, 0.29) is 5.65 Å². The number of aryl methyl sites for hydroxylation is 2. The quantitative estimate of drug-likeness (QED) is 0.462. The lowest BCUT2D eigenvalue weighted by Gasteiger charge is -2.18. The van der Waals surface area contributed by atoms with Crippen molar-refractivity contribution >= 4 is 16.7 Å². The topological polar surface area (TPSA) is 51.0 Å². The van der Waals surface area contributed by atoms with Crippen molar-refractivity contribution < 1.29 is 8.78 Å². The lowest BCUT2D eigenvalue weighted by Crippen LogP contribution is -2.21. The summed E-state index contributed by atoms with van der Waals surface area (Å²) in [6.45, 7) is 7.75. The number of aromatic nitrogens is 3. The molecular weight excluding hydrogens is 410 g/mol. The molecule has 0 aliphatic rings. The first-order chi connectivity index (χ1) is 15.2. The minimum absolute atomic E-state index is 0.139. The second-order valence-corrected chi connectivity index (χ2v) is 7.80. The number of para-hydroxylation sites is 1. The SMILES string of the molecule is C=C(c1ccc(C)c(-c2nc(C)nc3c2ccc(=O)n3-c2c(F)cccc2F)c1)N(C)C. The molecule has 0 fully saturated rings. The average molecular weight is 432 g/mol. The summed E-state index contributed by atoms with van der Waals surface area (Å²) in [5.74, 6) is -1.32. The summed E-state index contributed by atoms with van der Waals surface area (Å²) in [7, 11) is 3.82. The maximum absolute atomic E-state index is 14.6. The van der Waals surface area contributed by atoms with Crippen molar-refractivity contribution in [1.29, 1.82) is 0 Å². The lowest BCUT2D eigenvalue weighted by molar-refractivity contribution is 0.568. The summed E-state index contributed by atoms with van der Waals surface area (Å²) in [4.78, 5) is 23.7. The molecule has 2 aromatic heterocycles. The maximum Gasteiger partial charge on any atom is 0.256 e. The number of nitrogens with zero attached hydrogens (tertiary/aromatic N) is 4. The van der Waals surface area contributed by atoms with E-state index in [2.05, 4.69) is 16.5 Å². The highest BCUT2D eigenvalue weighted by Crippen LogP contribution is 2.32. The average Bonchev–Trinajstić information content (AvgIpc) is 2.74. The van der Waals surface area contributed by atoms with E-state index in [4.69, 9.17) is 0 Å². The molecule has 0 spiro atoms. The van der Waals surface area contributed by atoms with Crippen LogP contribution >= 0.6 is 0 Å². The molecule has 0 unspecified atom stereocenters. The van der Waals surface area contributed by atoms with Crippen LogP contribution in [0.2, 0.25) is 0 Å². The van der Waals surface area contributed by atoms with E-state index < -0.39 is 22.9 Å². The zero-order valence-corrected chi connectivity index (χ0v) is 18.3. The van der Waals surface area contributed by atoms with Gasteiger partial charge in [0, 0.05) is 36.8 Å². The van der Waals surface area contributed by atoms with Gasteiger partial charge in [-0.2, -0.15) is 0 Å². The van der Waals surface area contributed by atoms with Crippen LogP contribution in [0, 0.1) is 25.5 Å². The maximum atomic E-state index is 14.6. The normalized spacial score (nSPS) is 11.1. The Morgan fingerprint density at radius 3 is 2.34 bits per heavy atom. The Morgan fingerprint density at radius 1 is 1.00 bits per heavy atom. The molecule has 32 heavy (non-hydrogen) atoms. The molecular formula is C25H22F2N4O. The van der Waals surface area contributed by atoms with Gasteiger partial charge < -0.3 is 4.90 Å². The van der Waals surface area contributed by atoms with Gasteiger partial charge in [0.1, 0.15) is 23.1 Å². The number of hydrogen-bond acceptors (Lipinski definition) is 4. The Morgan fingerprint density at radius 2 is 1.69 bits per heavy atom. The number of halogens is 2. The molecule has 0 saturated heterocycles. The number of benzene rings is 2. The minimum Gasteiger partial charge on any atom is -0.378 e. The zero-order valence-electron chi connectivity index (χ0n) is 18.3. The second kappa shape index (κ2) is 8.00. The van der Waals surface area contributed by atoms with Crippen molar-refractivity contribution in [3.63, 3.8) is 0 Å². The Labute approximate surface area is 184 Å². The van der Waals surface area contributed by atoms with E-state index in [0.29, 0.717) is 16.9 Å². The molecule has 0 N–H and O–H groups in total. The third-order valence-electron chi connectivity index (χ3n) is 5.39. The van der Waals surface area contributed by atoms with Gasteiger partial charge in [-0.1, -0.05) is 24.8 Å². The number of hydrogen-bond donors (Lipinski definition) is 0. The van der Waals surface area contributed by atoms with Gasteiger partial charge in [0.2, 0.25) is 0 Å². The molecule has 0 bridgehead atoms. The molecule has 0 saturated carbocycles. The molecule has 0 radical (unpaired) electrons. The predicted octanol–water partition coefficient (Wildman–Crippen LogP) is 4.88. The van der Waals surface area contributed by atoms with Crippen molar-refractivity contribution in [2.45, 2.75) is 13.8 Å². The second-order valence-electron chi connectivity index (χ2n) is 7.80. The van der Waals surface area contributed by atoms with Crippen molar-refractivity contribution in [1.82, 2.24) is 19.4 Å². The highest BCUT2D eigenvalue weighted by Gasteiger charge is 2.19. The van der Waals surface area contributed by atoms with Gasteiger partial charge in [-0.3, -0.25) is 9.36 Å². The Balaban J connectivity index is 2.08. The molecule has 7 heteroatoms. The van der Waals surface area contributed by atoms with Crippen LogP contribution in [0.4, 0.5) is 8.78 Å².